The second-order valence-corrected chi connectivity index (χ2v) is 5.99. The number of nitrogens with one attached hydrogen (secondary N) is 2. The summed E-state index contributed by atoms with van der Waals surface area (Å²) in [5.41, 5.74) is 0.351. The largest absolute Gasteiger partial charge is 0.454 e. The van der Waals surface area contributed by atoms with Gasteiger partial charge in [0.1, 0.15) is 0 Å². The summed E-state index contributed by atoms with van der Waals surface area (Å²) in [6.07, 6.45) is 0. The number of aromatic nitrogens is 2. The number of hydrogen-bond donors (Lipinski definition) is 2. The average molecular weight is 381 g/mol. The number of H-pyrrole nitrogens is 1. The average Bonchev–Trinajstić information content (AvgIpc) is 3.19. The Bertz CT molecular complexity index is 1120. The normalized spacial score (nSPS) is 12.0. The van der Waals surface area contributed by atoms with Crippen LogP contribution in [0.2, 0.25) is 0 Å². The Morgan fingerprint density at radius 2 is 1.89 bits per heavy atom. The summed E-state index contributed by atoms with van der Waals surface area (Å²) in [4.78, 5) is 36.0. The molecule has 0 atom stereocenters. The van der Waals surface area contributed by atoms with Gasteiger partial charge in [0.2, 0.25) is 6.79 Å². The minimum absolute atomic E-state index is 0.0567. The number of esters is 1. The first kappa shape index (κ1) is 17.5. The fraction of sp³-hybridized carbons (Fsp3) is 0.158. The molecule has 1 aromatic heterocycles. The van der Waals surface area contributed by atoms with Crippen LogP contribution in [0.5, 0.6) is 11.5 Å². The maximum absolute atomic E-state index is 12.3. The molecule has 2 heterocycles. The highest BCUT2D eigenvalue weighted by molar-refractivity contribution is 6.02. The van der Waals surface area contributed by atoms with Crippen LogP contribution in [0.1, 0.15) is 16.1 Å². The maximum atomic E-state index is 12.3. The first-order valence-corrected chi connectivity index (χ1v) is 8.41. The molecular weight excluding hydrogens is 366 g/mol. The van der Waals surface area contributed by atoms with Gasteiger partial charge in [-0.3, -0.25) is 9.59 Å². The summed E-state index contributed by atoms with van der Waals surface area (Å²) in [5, 5.41) is 9.32. The van der Waals surface area contributed by atoms with Gasteiger partial charge in [-0.1, -0.05) is 24.3 Å². The molecule has 4 rings (SSSR count). The van der Waals surface area contributed by atoms with Gasteiger partial charge in [0, 0.05) is 11.9 Å². The molecule has 142 valence electrons. The Morgan fingerprint density at radius 3 is 2.75 bits per heavy atom. The number of nitrogens with zero attached hydrogens (tertiary/aromatic N) is 1. The third-order valence-corrected chi connectivity index (χ3v) is 4.15. The zero-order chi connectivity index (χ0) is 19.5. The monoisotopic (exact) mass is 381 g/mol. The van der Waals surface area contributed by atoms with Gasteiger partial charge in [-0.15, -0.1) is 0 Å². The van der Waals surface area contributed by atoms with E-state index in [-0.39, 0.29) is 19.0 Å². The Morgan fingerprint density at radius 1 is 1.11 bits per heavy atom. The fourth-order valence-corrected chi connectivity index (χ4v) is 2.77. The van der Waals surface area contributed by atoms with Crippen LogP contribution in [0.15, 0.2) is 47.3 Å². The summed E-state index contributed by atoms with van der Waals surface area (Å²) < 4.78 is 15.5. The number of benzene rings is 2. The molecule has 0 bridgehead atoms. The van der Waals surface area contributed by atoms with Gasteiger partial charge in [-0.2, -0.15) is 5.10 Å². The third-order valence-electron chi connectivity index (χ3n) is 4.15. The van der Waals surface area contributed by atoms with E-state index in [0.29, 0.717) is 22.3 Å². The number of hydrogen-bond acceptors (Lipinski definition) is 7. The van der Waals surface area contributed by atoms with Gasteiger partial charge in [0.25, 0.3) is 11.5 Å². The van der Waals surface area contributed by atoms with Crippen LogP contribution in [0.25, 0.3) is 10.8 Å². The topological polar surface area (TPSA) is 120 Å². The summed E-state index contributed by atoms with van der Waals surface area (Å²) in [5.74, 6) is 0.00395. The molecule has 0 unspecified atom stereocenters. The molecule has 1 aliphatic rings. The Labute approximate surface area is 158 Å². The predicted octanol–water partition coefficient (Wildman–Crippen LogP) is 1.12. The SMILES string of the molecule is O=C(COC(=O)c1n[nH]c(=O)c2ccccc12)NCc1ccc2c(c1)OCO2. The third kappa shape index (κ3) is 3.50. The number of aromatic amines is 1. The van der Waals surface area contributed by atoms with Crippen molar-refractivity contribution in [3.05, 3.63) is 64.1 Å². The summed E-state index contributed by atoms with van der Waals surface area (Å²) in [6.45, 7) is -0.0556. The van der Waals surface area contributed by atoms with E-state index in [1.165, 1.54) is 0 Å². The quantitative estimate of drug-likeness (QED) is 0.636. The Kier molecular flexibility index (Phi) is 4.63. The predicted molar refractivity (Wildman–Crippen MR) is 97.1 cm³/mol. The molecule has 9 heteroatoms. The first-order valence-electron chi connectivity index (χ1n) is 8.41. The second-order valence-electron chi connectivity index (χ2n) is 5.99. The summed E-state index contributed by atoms with van der Waals surface area (Å²) in [7, 11) is 0. The van der Waals surface area contributed by atoms with E-state index in [4.69, 9.17) is 14.2 Å². The van der Waals surface area contributed by atoms with Crippen molar-refractivity contribution in [3.63, 3.8) is 0 Å². The van der Waals surface area contributed by atoms with Crippen molar-refractivity contribution in [3.8, 4) is 11.5 Å². The molecule has 0 spiro atoms. The van der Waals surface area contributed by atoms with Crippen molar-refractivity contribution in [2.45, 2.75) is 6.54 Å². The molecule has 1 aliphatic heterocycles. The van der Waals surface area contributed by atoms with E-state index in [0.717, 1.165) is 5.56 Å². The van der Waals surface area contributed by atoms with Crippen molar-refractivity contribution in [2.24, 2.45) is 0 Å². The number of carbonyl (C=O) groups is 2. The molecular formula is C19H15N3O6. The van der Waals surface area contributed by atoms with E-state index >= 15 is 0 Å². The zero-order valence-corrected chi connectivity index (χ0v) is 14.6. The fourth-order valence-electron chi connectivity index (χ4n) is 2.77. The van der Waals surface area contributed by atoms with Crippen LogP contribution < -0.4 is 20.3 Å². The number of rotatable bonds is 5. The van der Waals surface area contributed by atoms with E-state index in [2.05, 4.69) is 15.5 Å². The van der Waals surface area contributed by atoms with Crippen molar-refractivity contribution in [1.82, 2.24) is 15.5 Å². The molecule has 0 saturated carbocycles. The standard InChI is InChI=1S/C19H15N3O6/c23-16(20-8-11-5-6-14-15(7-11)28-10-27-14)9-26-19(25)17-12-3-1-2-4-13(12)18(24)22-21-17/h1-7H,8-10H2,(H,20,23)(H,22,24). The molecule has 3 aromatic rings. The number of fused-ring (bicyclic) bond motifs is 2. The van der Waals surface area contributed by atoms with Crippen LogP contribution >= 0.6 is 0 Å². The van der Waals surface area contributed by atoms with Gasteiger partial charge < -0.3 is 19.5 Å². The molecule has 2 aromatic carbocycles. The van der Waals surface area contributed by atoms with E-state index in [9.17, 15) is 14.4 Å². The molecule has 0 aliphatic carbocycles. The highest BCUT2D eigenvalue weighted by Crippen LogP contribution is 2.32. The van der Waals surface area contributed by atoms with E-state index < -0.39 is 24.0 Å². The van der Waals surface area contributed by atoms with E-state index in [1.54, 1.807) is 42.5 Å². The highest BCUT2D eigenvalue weighted by Gasteiger charge is 2.17. The van der Waals surface area contributed by atoms with Gasteiger partial charge in [-0.25, -0.2) is 9.89 Å². The lowest BCUT2D eigenvalue weighted by Gasteiger charge is -2.08. The molecule has 0 saturated heterocycles. The molecule has 9 nitrogen and oxygen atoms in total. The molecule has 1 amide bonds. The molecule has 0 fully saturated rings. The van der Waals surface area contributed by atoms with Crippen molar-refractivity contribution in [1.29, 1.82) is 0 Å². The summed E-state index contributed by atoms with van der Waals surface area (Å²) >= 11 is 0. The molecule has 2 N–H and O–H groups in total. The van der Waals surface area contributed by atoms with Crippen molar-refractivity contribution >= 4 is 22.6 Å². The van der Waals surface area contributed by atoms with Crippen molar-refractivity contribution in [2.75, 3.05) is 13.4 Å². The number of carbonyl (C=O) groups excluding carboxylic acids is 2. The lowest BCUT2D eigenvalue weighted by molar-refractivity contribution is -0.124. The number of ether oxygens (including phenoxy) is 3. The minimum Gasteiger partial charge on any atom is -0.454 e. The molecule has 0 radical (unpaired) electrons. The zero-order valence-electron chi connectivity index (χ0n) is 14.6. The van der Waals surface area contributed by atoms with Crippen LogP contribution in [0, 0.1) is 0 Å². The van der Waals surface area contributed by atoms with Crippen LogP contribution in [0.4, 0.5) is 0 Å². The van der Waals surface area contributed by atoms with Crippen LogP contribution in [0.3, 0.4) is 0 Å². The van der Waals surface area contributed by atoms with Crippen molar-refractivity contribution < 1.29 is 23.8 Å². The Hall–Kier alpha value is -3.88. The van der Waals surface area contributed by atoms with Gasteiger partial charge in [-0.05, 0) is 23.8 Å². The van der Waals surface area contributed by atoms with Gasteiger partial charge >= 0.3 is 5.97 Å². The number of amides is 1. The van der Waals surface area contributed by atoms with Gasteiger partial charge in [0.15, 0.2) is 23.8 Å². The summed E-state index contributed by atoms with van der Waals surface area (Å²) in [6, 6.07) is 11.9. The lowest BCUT2D eigenvalue weighted by Crippen LogP contribution is -2.28. The molecule has 28 heavy (non-hydrogen) atoms. The van der Waals surface area contributed by atoms with Crippen LogP contribution in [-0.4, -0.2) is 35.5 Å². The van der Waals surface area contributed by atoms with Gasteiger partial charge in [0.05, 0.1) is 5.39 Å². The first-order chi connectivity index (χ1) is 13.6. The smallest absolute Gasteiger partial charge is 0.359 e. The Balaban J connectivity index is 1.35. The van der Waals surface area contributed by atoms with E-state index in [1.807, 2.05) is 0 Å². The van der Waals surface area contributed by atoms with Crippen LogP contribution in [-0.2, 0) is 16.1 Å². The second kappa shape index (κ2) is 7.39. The highest BCUT2D eigenvalue weighted by atomic mass is 16.7. The lowest BCUT2D eigenvalue weighted by atomic mass is 10.1. The maximum Gasteiger partial charge on any atom is 0.359 e. The minimum atomic E-state index is -0.800.